The molecule has 3 aromatic rings. The highest BCUT2D eigenvalue weighted by atomic mass is 32.3. The lowest BCUT2D eigenvalue weighted by atomic mass is 10.0. The Morgan fingerprint density at radius 1 is 0.962 bits per heavy atom. The molecule has 0 saturated carbocycles. The fourth-order valence-corrected chi connectivity index (χ4v) is 18.8. The number of carbonyl (C=O) groups excluding carboxylic acids is 3. The molecule has 0 radical (unpaired) electrons. The molecule has 1 aliphatic heterocycles. The summed E-state index contributed by atoms with van der Waals surface area (Å²) in [5, 5.41) is 0.202. The molecule has 1 unspecified atom stereocenters. The van der Waals surface area contributed by atoms with E-state index in [-0.39, 0.29) is 53.0 Å². The van der Waals surface area contributed by atoms with Crippen LogP contribution in [0.3, 0.4) is 0 Å². The summed E-state index contributed by atoms with van der Waals surface area (Å²) in [5.41, 5.74) is 0.211. The summed E-state index contributed by atoms with van der Waals surface area (Å²) in [7, 11) is -11.6. The lowest BCUT2D eigenvalue weighted by molar-refractivity contribution is -0.151. The van der Waals surface area contributed by atoms with Crippen LogP contribution in [0.15, 0.2) is 75.1 Å². The highest BCUT2D eigenvalue weighted by molar-refractivity contribution is 7.96. The van der Waals surface area contributed by atoms with Gasteiger partial charge in [0.2, 0.25) is 18.3 Å². The molecule has 52 heavy (non-hydrogen) atoms. The van der Waals surface area contributed by atoms with Crippen LogP contribution < -0.4 is 14.8 Å². The average molecular weight is 793 g/mol. The minimum atomic E-state index is -4.33. The fraction of sp³-hybridized carbons (Fsp3) is 0.472. The van der Waals surface area contributed by atoms with Crippen LogP contribution in [0.1, 0.15) is 79.3 Å². The van der Waals surface area contributed by atoms with Crippen molar-refractivity contribution in [3.8, 4) is 0 Å². The molecule has 0 bridgehead atoms. The molecular formula is C36H48N2O10S3Si. The number of ether oxygens (including phenoxy) is 3. The first-order valence-electron chi connectivity index (χ1n) is 17.2. The lowest BCUT2D eigenvalue weighted by Crippen LogP contribution is -2.74. The average Bonchev–Trinajstić information content (AvgIpc) is 3.57. The van der Waals surface area contributed by atoms with E-state index in [9.17, 15) is 31.2 Å². The van der Waals surface area contributed by atoms with E-state index in [1.165, 1.54) is 24.8 Å². The van der Waals surface area contributed by atoms with Gasteiger partial charge in [-0.1, -0.05) is 81.4 Å². The van der Waals surface area contributed by atoms with E-state index in [1.807, 2.05) is 81.4 Å². The zero-order chi connectivity index (χ0) is 38.5. The molecule has 0 fully saturated rings. The van der Waals surface area contributed by atoms with Crippen LogP contribution in [-0.4, -0.2) is 79.1 Å². The van der Waals surface area contributed by atoms with Gasteiger partial charge in [-0.3, -0.25) is 9.59 Å². The molecule has 0 spiro atoms. The first-order chi connectivity index (χ1) is 24.4. The van der Waals surface area contributed by atoms with Crippen LogP contribution in [-0.2, 0) is 43.7 Å². The molecule has 284 valence electrons. The Bertz CT molecular complexity index is 1910. The molecule has 0 aliphatic carbocycles. The predicted octanol–water partition coefficient (Wildman–Crippen LogP) is 4.93. The first kappa shape index (κ1) is 41.2. The van der Waals surface area contributed by atoms with Crippen LogP contribution in [0.4, 0.5) is 4.79 Å². The molecule has 1 N–H and O–H groups in total. The number of sulfone groups is 1. The van der Waals surface area contributed by atoms with E-state index in [0.29, 0.717) is 11.3 Å². The van der Waals surface area contributed by atoms with Crippen molar-refractivity contribution in [3.63, 3.8) is 0 Å². The monoisotopic (exact) mass is 792 g/mol. The molecule has 1 aromatic heterocycles. The minimum absolute atomic E-state index is 0.0217. The van der Waals surface area contributed by atoms with Gasteiger partial charge in [0.25, 0.3) is 0 Å². The number of esters is 2. The Morgan fingerprint density at radius 2 is 1.50 bits per heavy atom. The van der Waals surface area contributed by atoms with Gasteiger partial charge in [0.15, 0.2) is 9.84 Å². The first-order valence-corrected chi connectivity index (χ1v) is 23.0. The predicted molar refractivity (Wildman–Crippen MR) is 201 cm³/mol. The van der Waals surface area contributed by atoms with E-state index >= 15 is 0 Å². The summed E-state index contributed by atoms with van der Waals surface area (Å²) in [5.74, 6) is -1.18. The summed E-state index contributed by atoms with van der Waals surface area (Å²) >= 11 is 0.687. The summed E-state index contributed by atoms with van der Waals surface area (Å²) in [6, 6.07) is 19.5. The van der Waals surface area contributed by atoms with Crippen molar-refractivity contribution in [2.24, 2.45) is 0 Å². The molecule has 0 saturated heterocycles. The zero-order valence-electron chi connectivity index (χ0n) is 30.6. The normalized spacial score (nSPS) is 17.8. The Labute approximate surface area is 311 Å². The van der Waals surface area contributed by atoms with Crippen LogP contribution in [0.5, 0.6) is 0 Å². The molecule has 16 heteroatoms. The maximum atomic E-state index is 14.6. The third-order valence-electron chi connectivity index (χ3n) is 9.07. The maximum absolute atomic E-state index is 14.6. The lowest BCUT2D eigenvalue weighted by Gasteiger charge is -2.43. The molecule has 2 aromatic carbocycles. The van der Waals surface area contributed by atoms with Gasteiger partial charge in [-0.15, -0.1) is 11.3 Å². The fourth-order valence-electron chi connectivity index (χ4n) is 6.40. The number of nitrogens with one attached hydrogen (secondary N) is 1. The van der Waals surface area contributed by atoms with Crippen LogP contribution in [0.25, 0.3) is 0 Å². The highest BCUT2D eigenvalue weighted by Gasteiger charge is 2.52. The third kappa shape index (κ3) is 8.79. The quantitative estimate of drug-likeness (QED) is 0.135. The van der Waals surface area contributed by atoms with Crippen LogP contribution in [0, 0.1) is 0 Å². The summed E-state index contributed by atoms with van der Waals surface area (Å²) in [6.45, 7) is 12.5. The standard InChI is InChI=1S/C36H48N2O10S3Si/c1-8-38(35(41)48-25(3)24-47-32(40)21-20-31(39)46-9-2)30-22-26(4)50(42,43)34-29(30)23-33(49-34)51(44,45)37-52(36(5,6)7,27-16-12-10-13-17-27)28-18-14-11-15-19-28/h10-19,23,25-26,30,37H,8-9,20-22,24H2,1-7H3/t25?,26-,30-/m0/s1. The second kappa shape index (κ2) is 16.6. The topological polar surface area (TPSA) is 162 Å². The van der Waals surface area contributed by atoms with Crippen molar-refractivity contribution in [3.05, 3.63) is 72.3 Å². The van der Waals surface area contributed by atoms with Crippen molar-refractivity contribution in [1.82, 2.24) is 9.29 Å². The SMILES string of the molecule is CCOC(=O)CCC(=O)OCC(C)OC(=O)N(CC)[C@H]1C[C@H](C)S(=O)(=O)c2sc(S(=O)(=O)N[Si](c3ccccc3)(c3ccccc3)C(C)(C)C)cc21. The number of nitrogens with zero attached hydrogens (tertiary/aromatic N) is 1. The van der Waals surface area contributed by atoms with Gasteiger partial charge in [0.1, 0.15) is 21.1 Å². The van der Waals surface area contributed by atoms with Gasteiger partial charge in [0, 0.05) is 12.1 Å². The number of fused-ring (bicyclic) bond motifs is 1. The van der Waals surface area contributed by atoms with E-state index < -0.39 is 68.6 Å². The van der Waals surface area contributed by atoms with E-state index in [1.54, 1.807) is 13.8 Å². The largest absolute Gasteiger partial charge is 0.466 e. The summed E-state index contributed by atoms with van der Waals surface area (Å²) < 4.78 is 75.0. The number of hydrogen-bond donors (Lipinski definition) is 1. The second-order valence-corrected chi connectivity index (χ2v) is 24.0. The molecule has 12 nitrogen and oxygen atoms in total. The van der Waals surface area contributed by atoms with E-state index in [4.69, 9.17) is 14.2 Å². The van der Waals surface area contributed by atoms with Gasteiger partial charge >= 0.3 is 18.0 Å². The number of amides is 1. The van der Waals surface area contributed by atoms with E-state index in [2.05, 4.69) is 4.39 Å². The van der Waals surface area contributed by atoms with Gasteiger partial charge in [-0.05, 0) is 55.6 Å². The van der Waals surface area contributed by atoms with Crippen molar-refractivity contribution in [2.75, 3.05) is 19.8 Å². The number of hydrogen-bond acceptors (Lipinski definition) is 11. The Balaban J connectivity index is 1.66. The third-order valence-corrected chi connectivity index (χ3v) is 21.3. The molecular weight excluding hydrogens is 745 g/mol. The molecule has 1 amide bonds. The van der Waals surface area contributed by atoms with Crippen molar-refractivity contribution in [1.29, 1.82) is 0 Å². The second-order valence-electron chi connectivity index (χ2n) is 13.7. The van der Waals surface area contributed by atoms with Gasteiger partial charge < -0.3 is 19.1 Å². The van der Waals surface area contributed by atoms with Gasteiger partial charge in [-0.25, -0.2) is 26.0 Å². The van der Waals surface area contributed by atoms with Crippen LogP contribution >= 0.6 is 11.3 Å². The Morgan fingerprint density at radius 3 is 2.00 bits per heavy atom. The van der Waals surface area contributed by atoms with Crippen molar-refractivity contribution < 1.29 is 45.4 Å². The summed E-state index contributed by atoms with van der Waals surface area (Å²) in [4.78, 5) is 38.6. The number of thiophene rings is 1. The molecule has 3 atom stereocenters. The van der Waals surface area contributed by atoms with Gasteiger partial charge in [0.05, 0.1) is 30.7 Å². The van der Waals surface area contributed by atoms with Gasteiger partial charge in [-0.2, -0.15) is 0 Å². The highest BCUT2D eigenvalue weighted by Crippen LogP contribution is 2.46. The zero-order valence-corrected chi connectivity index (χ0v) is 34.0. The number of benzene rings is 2. The number of rotatable bonds is 14. The van der Waals surface area contributed by atoms with Crippen molar-refractivity contribution >= 4 is 67.8 Å². The molecule has 1 aliphatic rings. The molecule has 2 heterocycles. The van der Waals surface area contributed by atoms with Crippen LogP contribution in [0.2, 0.25) is 5.04 Å². The minimum Gasteiger partial charge on any atom is -0.466 e. The number of sulfonamides is 1. The summed E-state index contributed by atoms with van der Waals surface area (Å²) in [6.07, 6.45) is -1.95. The number of carbonyl (C=O) groups is 3. The van der Waals surface area contributed by atoms with Crippen molar-refractivity contribution in [2.45, 2.75) is 98.6 Å². The van der Waals surface area contributed by atoms with E-state index in [0.717, 1.165) is 10.4 Å². The molecule has 4 rings (SSSR count). The Hall–Kier alpha value is -3.57. The smallest absolute Gasteiger partial charge is 0.410 e. The maximum Gasteiger partial charge on any atom is 0.410 e. The Kier molecular flexibility index (Phi) is 13.2.